The van der Waals surface area contributed by atoms with E-state index in [4.69, 9.17) is 18.6 Å². The van der Waals surface area contributed by atoms with Gasteiger partial charge in [-0.2, -0.15) is 0 Å². The fraction of sp³-hybridized carbons (Fsp3) is 0.211. The van der Waals surface area contributed by atoms with Crippen molar-refractivity contribution in [2.45, 2.75) is 4.90 Å². The normalized spacial score (nSPS) is 11.0. The summed E-state index contributed by atoms with van der Waals surface area (Å²) in [6.45, 7) is 0. The van der Waals surface area contributed by atoms with Gasteiger partial charge in [-0.05, 0) is 36.4 Å². The van der Waals surface area contributed by atoms with Crippen LogP contribution in [0.15, 0.2) is 51.8 Å². The Morgan fingerprint density at radius 1 is 0.933 bits per heavy atom. The van der Waals surface area contributed by atoms with E-state index in [2.05, 4.69) is 15.5 Å². The summed E-state index contributed by atoms with van der Waals surface area (Å²) in [5, 5.41) is 9.88. The predicted octanol–water partition coefficient (Wildman–Crippen LogP) is 2.17. The molecule has 158 valence electrons. The number of hydrogen-bond donors (Lipinski definition) is 1. The van der Waals surface area contributed by atoms with Crippen LogP contribution in [-0.4, -0.2) is 51.6 Å². The Balaban J connectivity index is 1.72. The van der Waals surface area contributed by atoms with Crippen LogP contribution in [0.5, 0.6) is 17.2 Å². The highest BCUT2D eigenvalue weighted by atomic mass is 32.2. The van der Waals surface area contributed by atoms with E-state index in [9.17, 15) is 13.2 Å². The van der Waals surface area contributed by atoms with Crippen molar-refractivity contribution < 1.29 is 31.8 Å². The molecule has 0 radical (unpaired) electrons. The van der Waals surface area contributed by atoms with E-state index in [1.54, 1.807) is 18.2 Å². The maximum atomic E-state index is 12.4. The van der Waals surface area contributed by atoms with Crippen LogP contribution in [-0.2, 0) is 14.6 Å². The molecule has 0 saturated carbocycles. The Labute approximate surface area is 172 Å². The predicted molar refractivity (Wildman–Crippen MR) is 107 cm³/mol. The highest BCUT2D eigenvalue weighted by molar-refractivity contribution is 7.92. The second kappa shape index (κ2) is 8.82. The highest BCUT2D eigenvalue weighted by Crippen LogP contribution is 2.29. The Bertz CT molecular complexity index is 1120. The maximum Gasteiger partial charge on any atom is 0.322 e. The number of anilines is 1. The Morgan fingerprint density at radius 2 is 1.53 bits per heavy atom. The second-order valence-corrected chi connectivity index (χ2v) is 7.99. The molecule has 10 nitrogen and oxygen atoms in total. The molecule has 1 amide bonds. The highest BCUT2D eigenvalue weighted by Gasteiger charge is 2.21. The van der Waals surface area contributed by atoms with Gasteiger partial charge in [-0.3, -0.25) is 10.1 Å². The summed E-state index contributed by atoms with van der Waals surface area (Å²) in [6.07, 6.45) is 0. The number of carbonyl (C=O) groups excluding carboxylic acids is 1. The number of carbonyl (C=O) groups is 1. The zero-order valence-electron chi connectivity index (χ0n) is 16.4. The molecule has 0 fully saturated rings. The third-order valence-electron chi connectivity index (χ3n) is 4.01. The molecule has 0 saturated heterocycles. The summed E-state index contributed by atoms with van der Waals surface area (Å²) in [5.41, 5.74) is 0.505. The van der Waals surface area contributed by atoms with E-state index < -0.39 is 21.5 Å². The Kier molecular flexibility index (Phi) is 6.21. The average Bonchev–Trinajstić information content (AvgIpc) is 3.21. The molecule has 0 atom stereocenters. The van der Waals surface area contributed by atoms with Gasteiger partial charge in [0.15, 0.2) is 9.84 Å². The SMILES string of the molecule is COc1ccc(S(=O)(=O)CC(=O)Nc2nnc(-c3cc(OC)cc(OC)c3)o2)cc1. The fourth-order valence-corrected chi connectivity index (χ4v) is 3.65. The Morgan fingerprint density at radius 3 is 2.10 bits per heavy atom. The third kappa shape index (κ3) is 4.87. The summed E-state index contributed by atoms with van der Waals surface area (Å²) in [5.74, 6) is 0.0254. The number of sulfone groups is 1. The van der Waals surface area contributed by atoms with Gasteiger partial charge in [0.05, 0.1) is 26.2 Å². The van der Waals surface area contributed by atoms with Crippen molar-refractivity contribution in [2.24, 2.45) is 0 Å². The lowest BCUT2D eigenvalue weighted by Gasteiger charge is -2.06. The minimum atomic E-state index is -3.86. The summed E-state index contributed by atoms with van der Waals surface area (Å²) < 4.78 is 45.6. The molecule has 0 spiro atoms. The van der Waals surface area contributed by atoms with E-state index >= 15 is 0 Å². The van der Waals surface area contributed by atoms with Crippen LogP contribution < -0.4 is 19.5 Å². The van der Waals surface area contributed by atoms with Crippen molar-refractivity contribution in [3.05, 3.63) is 42.5 Å². The minimum absolute atomic E-state index is 0.00635. The second-order valence-electron chi connectivity index (χ2n) is 6.00. The summed E-state index contributed by atoms with van der Waals surface area (Å²) in [6, 6.07) is 10.5. The quantitative estimate of drug-likeness (QED) is 0.568. The number of rotatable bonds is 8. The first-order valence-electron chi connectivity index (χ1n) is 8.58. The van der Waals surface area contributed by atoms with Crippen molar-refractivity contribution in [3.8, 4) is 28.7 Å². The first-order valence-corrected chi connectivity index (χ1v) is 10.2. The molecule has 1 aromatic heterocycles. The van der Waals surface area contributed by atoms with Crippen molar-refractivity contribution >= 4 is 21.8 Å². The summed E-state index contributed by atoms with van der Waals surface area (Å²) in [7, 11) is 0.614. The Hall–Kier alpha value is -3.60. The molecular weight excluding hydrogens is 414 g/mol. The molecule has 0 aliphatic rings. The van der Waals surface area contributed by atoms with Gasteiger partial charge in [0.25, 0.3) is 0 Å². The first kappa shape index (κ1) is 21.1. The lowest BCUT2D eigenvalue weighted by Crippen LogP contribution is -2.23. The van der Waals surface area contributed by atoms with E-state index in [1.807, 2.05) is 0 Å². The number of hydrogen-bond acceptors (Lipinski definition) is 9. The monoisotopic (exact) mass is 433 g/mol. The van der Waals surface area contributed by atoms with Crippen LogP contribution in [0.4, 0.5) is 6.01 Å². The van der Waals surface area contributed by atoms with Crippen molar-refractivity contribution in [3.63, 3.8) is 0 Å². The van der Waals surface area contributed by atoms with Gasteiger partial charge in [0.1, 0.15) is 23.0 Å². The molecule has 0 aliphatic carbocycles. The number of benzene rings is 2. The molecule has 2 aromatic carbocycles. The number of nitrogens with zero attached hydrogens (tertiary/aromatic N) is 2. The van der Waals surface area contributed by atoms with Gasteiger partial charge in [-0.15, -0.1) is 5.10 Å². The van der Waals surface area contributed by atoms with Crippen molar-refractivity contribution in [2.75, 3.05) is 32.4 Å². The molecule has 3 rings (SSSR count). The number of ether oxygens (including phenoxy) is 3. The molecule has 30 heavy (non-hydrogen) atoms. The van der Waals surface area contributed by atoms with Crippen LogP contribution in [0.2, 0.25) is 0 Å². The maximum absolute atomic E-state index is 12.4. The number of methoxy groups -OCH3 is 3. The molecule has 0 unspecified atom stereocenters. The molecule has 1 N–H and O–H groups in total. The topological polar surface area (TPSA) is 130 Å². The smallest absolute Gasteiger partial charge is 0.322 e. The van der Waals surface area contributed by atoms with Crippen LogP contribution in [0, 0.1) is 0 Å². The zero-order chi connectivity index (χ0) is 21.7. The third-order valence-corrected chi connectivity index (χ3v) is 5.64. The van der Waals surface area contributed by atoms with E-state index in [0.29, 0.717) is 22.8 Å². The van der Waals surface area contributed by atoms with Crippen LogP contribution >= 0.6 is 0 Å². The van der Waals surface area contributed by atoms with Crippen molar-refractivity contribution in [1.82, 2.24) is 10.2 Å². The van der Waals surface area contributed by atoms with Gasteiger partial charge in [-0.1, -0.05) is 5.10 Å². The first-order chi connectivity index (χ1) is 14.3. The molecule has 3 aromatic rings. The number of nitrogens with one attached hydrogen (secondary N) is 1. The number of aromatic nitrogens is 2. The van der Waals surface area contributed by atoms with Gasteiger partial charge in [-0.25, -0.2) is 8.42 Å². The average molecular weight is 433 g/mol. The van der Waals surface area contributed by atoms with Crippen LogP contribution in [0.1, 0.15) is 0 Å². The van der Waals surface area contributed by atoms with Gasteiger partial charge < -0.3 is 18.6 Å². The van der Waals surface area contributed by atoms with E-state index in [0.717, 1.165) is 0 Å². The molecular formula is C19H19N3O7S. The van der Waals surface area contributed by atoms with Gasteiger partial charge in [0.2, 0.25) is 11.8 Å². The zero-order valence-corrected chi connectivity index (χ0v) is 17.2. The molecule has 11 heteroatoms. The largest absolute Gasteiger partial charge is 0.497 e. The lowest BCUT2D eigenvalue weighted by atomic mass is 10.2. The van der Waals surface area contributed by atoms with Crippen molar-refractivity contribution in [1.29, 1.82) is 0 Å². The summed E-state index contributed by atoms with van der Waals surface area (Å²) in [4.78, 5) is 12.2. The molecule has 0 bridgehead atoms. The van der Waals surface area contributed by atoms with Gasteiger partial charge >= 0.3 is 6.01 Å². The summed E-state index contributed by atoms with van der Waals surface area (Å²) >= 11 is 0. The fourth-order valence-electron chi connectivity index (χ4n) is 2.52. The standard InChI is InChI=1S/C19H19N3O7S/c1-26-13-4-6-16(7-5-13)30(24,25)11-17(23)20-19-22-21-18(29-19)12-8-14(27-2)10-15(9-12)28-3/h4-10H,11H2,1-3H3,(H,20,22,23). The number of amides is 1. The van der Waals surface area contributed by atoms with Crippen LogP contribution in [0.3, 0.4) is 0 Å². The lowest BCUT2D eigenvalue weighted by molar-refractivity contribution is -0.114. The van der Waals surface area contributed by atoms with Gasteiger partial charge in [0, 0.05) is 11.6 Å². The molecule has 0 aliphatic heterocycles. The van der Waals surface area contributed by atoms with Crippen LogP contribution in [0.25, 0.3) is 11.5 Å². The molecule has 1 heterocycles. The van der Waals surface area contributed by atoms with E-state index in [-0.39, 0.29) is 16.8 Å². The van der Waals surface area contributed by atoms with E-state index in [1.165, 1.54) is 45.6 Å². The minimum Gasteiger partial charge on any atom is -0.497 e.